The van der Waals surface area contributed by atoms with Crippen LogP contribution in [0, 0.1) is 29.6 Å². The predicted molar refractivity (Wildman–Crippen MR) is 117 cm³/mol. The lowest BCUT2D eigenvalue weighted by Gasteiger charge is -2.48. The molecule has 0 bridgehead atoms. The van der Waals surface area contributed by atoms with Gasteiger partial charge in [0.15, 0.2) is 11.4 Å². The van der Waals surface area contributed by atoms with Gasteiger partial charge in [0.05, 0.1) is 18.2 Å². The minimum atomic E-state index is -2.57. The largest absolute Gasteiger partial charge is 0.507 e. The van der Waals surface area contributed by atoms with E-state index in [1.807, 2.05) is 19.0 Å². The molecule has 9 heteroatoms. The van der Waals surface area contributed by atoms with Crippen LogP contribution in [0.3, 0.4) is 0 Å². The van der Waals surface area contributed by atoms with Crippen LogP contribution in [0.4, 0.5) is 0 Å². The number of benzene rings is 1. The summed E-state index contributed by atoms with van der Waals surface area (Å²) in [6.45, 7) is 0.501. The zero-order valence-corrected chi connectivity index (χ0v) is 18.3. The summed E-state index contributed by atoms with van der Waals surface area (Å²) < 4.78 is 0. The molecular formula is C24H26N2O7. The minimum absolute atomic E-state index is 0.0445. The third kappa shape index (κ3) is 3.42. The second-order valence-electron chi connectivity index (χ2n) is 9.26. The number of fused-ring (bicyclic) bond motifs is 3. The van der Waals surface area contributed by atoms with Crippen LogP contribution in [0.15, 0.2) is 17.7 Å². The highest BCUT2D eigenvalue weighted by atomic mass is 16.3. The van der Waals surface area contributed by atoms with Crippen molar-refractivity contribution in [2.45, 2.75) is 31.0 Å². The van der Waals surface area contributed by atoms with Crippen molar-refractivity contribution in [2.75, 3.05) is 20.6 Å². The van der Waals surface area contributed by atoms with Crippen LogP contribution in [0.1, 0.15) is 29.5 Å². The van der Waals surface area contributed by atoms with Crippen molar-refractivity contribution in [1.29, 1.82) is 0 Å². The zero-order valence-electron chi connectivity index (χ0n) is 18.3. The van der Waals surface area contributed by atoms with E-state index in [4.69, 9.17) is 5.73 Å². The molecule has 0 aliphatic heterocycles. The molecule has 0 aromatic heterocycles. The van der Waals surface area contributed by atoms with Gasteiger partial charge in [-0.15, -0.1) is 0 Å². The molecule has 2 unspecified atom stereocenters. The number of hydrogen-bond acceptors (Lipinski definition) is 8. The Kier molecular flexibility index (Phi) is 5.56. The van der Waals surface area contributed by atoms with Crippen LogP contribution in [-0.4, -0.2) is 75.1 Å². The summed E-state index contributed by atoms with van der Waals surface area (Å²) in [5.41, 5.74) is 3.71. The monoisotopic (exact) mass is 454 g/mol. The number of ketones is 2. The van der Waals surface area contributed by atoms with Gasteiger partial charge in [0, 0.05) is 17.1 Å². The maximum Gasteiger partial charge on any atom is 0.230 e. The van der Waals surface area contributed by atoms with E-state index < -0.39 is 52.7 Å². The number of aliphatic hydroxyl groups is 3. The fourth-order valence-electron chi connectivity index (χ4n) is 5.34. The van der Waals surface area contributed by atoms with E-state index >= 15 is 0 Å². The number of amides is 1. The van der Waals surface area contributed by atoms with Crippen molar-refractivity contribution in [3.63, 3.8) is 0 Å². The van der Waals surface area contributed by atoms with Gasteiger partial charge in [-0.2, -0.15) is 0 Å². The number of aliphatic hydroxyl groups excluding tert-OH is 2. The van der Waals surface area contributed by atoms with Crippen LogP contribution in [0.2, 0.25) is 0 Å². The summed E-state index contributed by atoms with van der Waals surface area (Å²) in [6.07, 6.45) is -1.19. The highest BCUT2D eigenvalue weighted by Gasteiger charge is 2.63. The first-order chi connectivity index (χ1) is 15.5. The van der Waals surface area contributed by atoms with E-state index in [-0.39, 0.29) is 36.1 Å². The average molecular weight is 454 g/mol. The third-order valence-corrected chi connectivity index (χ3v) is 6.89. The summed E-state index contributed by atoms with van der Waals surface area (Å²) in [5.74, 6) is -1.22. The lowest BCUT2D eigenvalue weighted by atomic mass is 9.56. The highest BCUT2D eigenvalue weighted by molar-refractivity contribution is 6.24. The second-order valence-corrected chi connectivity index (χ2v) is 9.26. The first-order valence-corrected chi connectivity index (χ1v) is 10.7. The van der Waals surface area contributed by atoms with Crippen LogP contribution in [0.25, 0.3) is 5.76 Å². The van der Waals surface area contributed by atoms with E-state index in [2.05, 4.69) is 11.8 Å². The number of rotatable bonds is 2. The smallest absolute Gasteiger partial charge is 0.230 e. The highest BCUT2D eigenvalue weighted by Crippen LogP contribution is 2.51. The molecule has 2 saturated carbocycles. The van der Waals surface area contributed by atoms with Crippen LogP contribution in [-0.2, 0) is 20.8 Å². The number of nitrogens with two attached hydrogens (primary N) is 1. The number of hydrogen-bond donors (Lipinski definition) is 5. The summed E-state index contributed by atoms with van der Waals surface area (Å²) >= 11 is 0. The van der Waals surface area contributed by atoms with Gasteiger partial charge in [0.25, 0.3) is 0 Å². The van der Waals surface area contributed by atoms with Gasteiger partial charge in [0.1, 0.15) is 17.4 Å². The molecule has 3 aliphatic carbocycles. The molecule has 5 atom stereocenters. The summed E-state index contributed by atoms with van der Waals surface area (Å²) in [7, 11) is 3.75. The molecule has 6 N–H and O–H groups in total. The Balaban J connectivity index is 1.83. The van der Waals surface area contributed by atoms with Crippen molar-refractivity contribution in [1.82, 2.24) is 4.90 Å². The third-order valence-electron chi connectivity index (χ3n) is 6.89. The maximum atomic E-state index is 13.4. The standard InChI is InChI=1S/C24H26N2O7/c1-26(2)7-3-4-11-5-6-15(27)18-14(11)9-12-8-13-10-16(28)19(23(25)32)22(31)24(13,33)21(30)17(12)20(18)29/h5-6,12-13,16,19,27-29,33H,7-10H2,1-2H3,(H2,25,32)/t12-,13+,16?,19?,24+/m1/s1. The molecule has 9 nitrogen and oxygen atoms in total. The van der Waals surface area contributed by atoms with Gasteiger partial charge in [-0.05, 0) is 57.0 Å². The summed E-state index contributed by atoms with van der Waals surface area (Å²) in [6, 6.07) is 3.01. The summed E-state index contributed by atoms with van der Waals surface area (Å²) in [4.78, 5) is 40.0. The van der Waals surface area contributed by atoms with Crippen molar-refractivity contribution in [2.24, 2.45) is 23.5 Å². The van der Waals surface area contributed by atoms with E-state index in [1.165, 1.54) is 6.07 Å². The fourth-order valence-corrected chi connectivity index (χ4v) is 5.34. The SMILES string of the molecule is CN(C)CC#Cc1ccc(O)c2c1C[C@H]1C[C@H]3CC(O)C(C(N)=O)C(=O)[C@@]3(O)C(=O)C1=C2O. The second kappa shape index (κ2) is 7.99. The van der Waals surface area contributed by atoms with Crippen molar-refractivity contribution in [3.05, 3.63) is 34.4 Å². The first kappa shape index (κ1) is 23.0. The molecule has 33 heavy (non-hydrogen) atoms. The fraction of sp³-hybridized carbons (Fsp3) is 0.458. The van der Waals surface area contributed by atoms with Crippen molar-refractivity contribution < 1.29 is 34.8 Å². The Labute approximate surface area is 190 Å². The van der Waals surface area contributed by atoms with Gasteiger partial charge in [-0.1, -0.05) is 11.8 Å². The lowest BCUT2D eigenvalue weighted by Crippen LogP contribution is -2.66. The number of carbonyl (C=O) groups excluding carboxylic acids is 3. The topological polar surface area (TPSA) is 161 Å². The normalized spacial score (nSPS) is 30.8. The molecule has 3 aliphatic rings. The predicted octanol–water partition coefficient (Wildman–Crippen LogP) is -0.498. The van der Waals surface area contributed by atoms with Gasteiger partial charge in [0.2, 0.25) is 11.7 Å². The number of phenolic OH excluding ortho intramolecular Hbond substituents is 1. The molecular weight excluding hydrogens is 428 g/mol. The van der Waals surface area contributed by atoms with E-state index in [0.29, 0.717) is 17.7 Å². The number of aromatic hydroxyl groups is 1. The van der Waals surface area contributed by atoms with Gasteiger partial charge < -0.3 is 26.2 Å². The van der Waals surface area contributed by atoms with Gasteiger partial charge in [-0.25, -0.2) is 0 Å². The Morgan fingerprint density at radius 1 is 1.24 bits per heavy atom. The van der Waals surface area contributed by atoms with Crippen LogP contribution < -0.4 is 5.73 Å². The molecule has 1 amide bonds. The number of primary amides is 1. The van der Waals surface area contributed by atoms with Gasteiger partial charge >= 0.3 is 0 Å². The molecule has 4 rings (SSSR count). The lowest BCUT2D eigenvalue weighted by molar-refractivity contribution is -0.174. The number of phenols is 1. The zero-order chi connectivity index (χ0) is 24.2. The van der Waals surface area contributed by atoms with Crippen LogP contribution >= 0.6 is 0 Å². The maximum absolute atomic E-state index is 13.4. The number of carbonyl (C=O) groups is 3. The Morgan fingerprint density at radius 2 is 1.94 bits per heavy atom. The molecule has 1 aromatic carbocycles. The Hall–Kier alpha value is -3.19. The van der Waals surface area contributed by atoms with E-state index in [9.17, 15) is 34.8 Å². The molecule has 0 spiro atoms. The average Bonchev–Trinajstić information content (AvgIpc) is 2.71. The molecule has 0 heterocycles. The van der Waals surface area contributed by atoms with Crippen molar-refractivity contribution in [3.8, 4) is 17.6 Å². The quantitative estimate of drug-likeness (QED) is 0.295. The minimum Gasteiger partial charge on any atom is -0.507 e. The first-order valence-electron chi connectivity index (χ1n) is 10.7. The summed E-state index contributed by atoms with van der Waals surface area (Å²) in [5, 5.41) is 43.0. The molecule has 0 saturated heterocycles. The molecule has 2 fully saturated rings. The van der Waals surface area contributed by atoms with Crippen LogP contribution in [0.5, 0.6) is 5.75 Å². The number of nitrogens with zero attached hydrogens (tertiary/aromatic N) is 1. The van der Waals surface area contributed by atoms with Crippen molar-refractivity contribution >= 4 is 23.2 Å². The van der Waals surface area contributed by atoms with Gasteiger partial charge in [-0.3, -0.25) is 19.3 Å². The van der Waals surface area contributed by atoms with E-state index in [1.54, 1.807) is 6.07 Å². The molecule has 0 radical (unpaired) electrons. The van der Waals surface area contributed by atoms with E-state index in [0.717, 1.165) is 0 Å². The number of Topliss-reactive ketones (excluding diaryl/α,β-unsaturated/α-hetero) is 2. The Morgan fingerprint density at radius 3 is 2.58 bits per heavy atom. The Bertz CT molecular complexity index is 1160. The molecule has 1 aromatic rings. The molecule has 174 valence electrons.